The minimum absolute atomic E-state index is 0.0575. The van der Waals surface area contributed by atoms with Crippen molar-refractivity contribution < 1.29 is 13.2 Å². The number of sulfonamides is 1. The molecule has 0 aliphatic heterocycles. The van der Waals surface area contributed by atoms with Crippen molar-refractivity contribution >= 4 is 21.9 Å². The van der Waals surface area contributed by atoms with Gasteiger partial charge in [-0.05, 0) is 19.4 Å². The fraction of sp³-hybridized carbons (Fsp3) is 0.312. The van der Waals surface area contributed by atoms with Crippen molar-refractivity contribution in [3.05, 3.63) is 42.1 Å². The summed E-state index contributed by atoms with van der Waals surface area (Å²) < 4.78 is 27.0. The molecule has 2 rings (SSSR count). The van der Waals surface area contributed by atoms with Crippen LogP contribution in [0, 0.1) is 6.92 Å². The third-order valence-corrected chi connectivity index (χ3v) is 5.11. The van der Waals surface area contributed by atoms with Gasteiger partial charge >= 0.3 is 0 Å². The summed E-state index contributed by atoms with van der Waals surface area (Å²) in [7, 11) is -0.927. The number of amides is 1. The van der Waals surface area contributed by atoms with Crippen molar-refractivity contribution in [3.8, 4) is 11.3 Å². The van der Waals surface area contributed by atoms with E-state index in [1.54, 1.807) is 6.20 Å². The van der Waals surface area contributed by atoms with Crippen molar-refractivity contribution in [2.24, 2.45) is 0 Å². The highest BCUT2D eigenvalue weighted by Crippen LogP contribution is 2.22. The summed E-state index contributed by atoms with van der Waals surface area (Å²) >= 11 is 0. The molecular formula is C16H20N4O3S. The van der Waals surface area contributed by atoms with Gasteiger partial charge < -0.3 is 4.90 Å². The van der Waals surface area contributed by atoms with Crippen molar-refractivity contribution in [2.75, 3.05) is 18.8 Å². The van der Waals surface area contributed by atoms with Gasteiger partial charge in [0.15, 0.2) is 5.25 Å². The maximum absolute atomic E-state index is 12.3. The van der Waals surface area contributed by atoms with Gasteiger partial charge in [-0.15, -0.1) is 0 Å². The Balaban J connectivity index is 2.33. The number of anilines is 1. The van der Waals surface area contributed by atoms with Gasteiger partial charge in [-0.2, -0.15) is 0 Å². The lowest BCUT2D eigenvalue weighted by Gasteiger charge is -2.17. The molecule has 0 spiro atoms. The Morgan fingerprint density at radius 1 is 1.21 bits per heavy atom. The van der Waals surface area contributed by atoms with Crippen LogP contribution in [0.5, 0.6) is 0 Å². The molecule has 1 atom stereocenters. The molecule has 0 saturated heterocycles. The molecular weight excluding hydrogens is 328 g/mol. The van der Waals surface area contributed by atoms with Crippen LogP contribution in [-0.2, 0) is 14.8 Å². The molecule has 0 fully saturated rings. The molecule has 0 radical (unpaired) electrons. The van der Waals surface area contributed by atoms with Crippen LogP contribution in [0.25, 0.3) is 11.3 Å². The van der Waals surface area contributed by atoms with Gasteiger partial charge in [0.05, 0.1) is 5.69 Å². The average Bonchev–Trinajstić information content (AvgIpc) is 2.55. The number of carbonyl (C=O) groups is 1. The van der Waals surface area contributed by atoms with E-state index in [0.29, 0.717) is 5.69 Å². The molecule has 1 aromatic carbocycles. The first-order chi connectivity index (χ1) is 11.2. The van der Waals surface area contributed by atoms with E-state index in [9.17, 15) is 13.2 Å². The summed E-state index contributed by atoms with van der Waals surface area (Å²) in [6.07, 6.45) is 1.55. The number of aryl methyl sites for hydroxylation is 1. The summed E-state index contributed by atoms with van der Waals surface area (Å²) in [5.41, 5.74) is 2.31. The zero-order valence-electron chi connectivity index (χ0n) is 14.0. The van der Waals surface area contributed by atoms with Gasteiger partial charge in [-0.3, -0.25) is 9.52 Å². The second kappa shape index (κ2) is 6.96. The van der Waals surface area contributed by atoms with Crippen LogP contribution in [0.4, 0.5) is 5.95 Å². The van der Waals surface area contributed by atoms with Crippen LogP contribution in [0.15, 0.2) is 36.5 Å². The summed E-state index contributed by atoms with van der Waals surface area (Å²) in [5.74, 6) is -0.573. The highest BCUT2D eigenvalue weighted by atomic mass is 32.2. The first kappa shape index (κ1) is 17.9. The fourth-order valence-electron chi connectivity index (χ4n) is 2.09. The Morgan fingerprint density at radius 3 is 2.42 bits per heavy atom. The SMILES string of the molecule is Cc1cnc(NS(=O)(=O)[C@@H](C)C(=O)N(C)C)nc1-c1ccccc1. The second-order valence-electron chi connectivity index (χ2n) is 5.61. The molecule has 128 valence electrons. The van der Waals surface area contributed by atoms with Crippen LogP contribution < -0.4 is 4.72 Å². The van der Waals surface area contributed by atoms with E-state index >= 15 is 0 Å². The van der Waals surface area contributed by atoms with Crippen LogP contribution in [-0.4, -0.2) is 48.5 Å². The van der Waals surface area contributed by atoms with Gasteiger partial charge in [-0.1, -0.05) is 30.3 Å². The van der Waals surface area contributed by atoms with E-state index in [2.05, 4.69) is 14.7 Å². The van der Waals surface area contributed by atoms with E-state index in [4.69, 9.17) is 0 Å². The van der Waals surface area contributed by atoms with Gasteiger partial charge in [0.25, 0.3) is 0 Å². The highest BCUT2D eigenvalue weighted by Gasteiger charge is 2.30. The molecule has 0 unspecified atom stereocenters. The van der Waals surface area contributed by atoms with E-state index < -0.39 is 21.2 Å². The number of hydrogen-bond acceptors (Lipinski definition) is 5. The molecule has 1 amide bonds. The maximum Gasteiger partial charge on any atom is 0.246 e. The molecule has 0 bridgehead atoms. The van der Waals surface area contributed by atoms with Crippen molar-refractivity contribution in [1.82, 2.24) is 14.9 Å². The third-order valence-electron chi connectivity index (χ3n) is 3.51. The molecule has 0 saturated carbocycles. The maximum atomic E-state index is 12.3. The summed E-state index contributed by atoms with van der Waals surface area (Å²) in [5, 5.41) is -1.24. The van der Waals surface area contributed by atoms with Gasteiger partial charge in [0, 0.05) is 25.9 Å². The van der Waals surface area contributed by atoms with Crippen molar-refractivity contribution in [2.45, 2.75) is 19.1 Å². The number of rotatable bonds is 5. The first-order valence-corrected chi connectivity index (χ1v) is 8.89. The minimum Gasteiger partial charge on any atom is -0.348 e. The summed E-state index contributed by atoms with van der Waals surface area (Å²) in [4.78, 5) is 21.4. The average molecular weight is 348 g/mol. The molecule has 1 N–H and O–H groups in total. The molecule has 2 aromatic rings. The highest BCUT2D eigenvalue weighted by molar-refractivity contribution is 7.94. The number of nitrogens with one attached hydrogen (secondary N) is 1. The van der Waals surface area contributed by atoms with Crippen molar-refractivity contribution in [1.29, 1.82) is 0 Å². The Hall–Kier alpha value is -2.48. The second-order valence-corrected chi connectivity index (χ2v) is 7.61. The van der Waals surface area contributed by atoms with Crippen molar-refractivity contribution in [3.63, 3.8) is 0 Å². The third kappa shape index (κ3) is 3.88. The van der Waals surface area contributed by atoms with Crippen LogP contribution in [0.2, 0.25) is 0 Å². The Labute approximate surface area is 141 Å². The summed E-state index contributed by atoms with van der Waals surface area (Å²) in [6.45, 7) is 3.18. The Kier molecular flexibility index (Phi) is 5.18. The molecule has 8 heteroatoms. The Bertz CT molecular complexity index is 836. The number of carbonyl (C=O) groups excluding carboxylic acids is 1. The van der Waals surface area contributed by atoms with E-state index in [0.717, 1.165) is 11.1 Å². The zero-order valence-corrected chi connectivity index (χ0v) is 14.8. The molecule has 1 heterocycles. The topological polar surface area (TPSA) is 92.3 Å². The minimum atomic E-state index is -3.94. The molecule has 0 aliphatic rings. The standard InChI is InChI=1S/C16H20N4O3S/c1-11-10-17-16(18-14(11)13-8-6-5-7-9-13)19-24(22,23)12(2)15(21)20(3)4/h5-10,12H,1-4H3,(H,17,18,19)/t12-/m0/s1. The van der Waals surface area contributed by atoms with E-state index in [-0.39, 0.29) is 5.95 Å². The van der Waals surface area contributed by atoms with Gasteiger partial charge in [-0.25, -0.2) is 18.4 Å². The van der Waals surface area contributed by atoms with Crippen LogP contribution in [0.3, 0.4) is 0 Å². The first-order valence-electron chi connectivity index (χ1n) is 7.34. The monoisotopic (exact) mass is 348 g/mol. The smallest absolute Gasteiger partial charge is 0.246 e. The van der Waals surface area contributed by atoms with E-state index in [1.807, 2.05) is 37.3 Å². The number of benzene rings is 1. The normalized spacial score (nSPS) is 12.5. The van der Waals surface area contributed by atoms with Crippen LogP contribution in [0.1, 0.15) is 12.5 Å². The number of nitrogens with zero attached hydrogens (tertiary/aromatic N) is 3. The molecule has 7 nitrogen and oxygen atoms in total. The molecule has 1 aromatic heterocycles. The number of aromatic nitrogens is 2. The lowest BCUT2D eigenvalue weighted by atomic mass is 10.1. The van der Waals surface area contributed by atoms with Gasteiger partial charge in [0.1, 0.15) is 0 Å². The van der Waals surface area contributed by atoms with Crippen LogP contribution >= 0.6 is 0 Å². The lowest BCUT2D eigenvalue weighted by Crippen LogP contribution is -2.40. The summed E-state index contributed by atoms with van der Waals surface area (Å²) in [6, 6.07) is 9.40. The predicted molar refractivity (Wildman–Crippen MR) is 92.9 cm³/mol. The quantitative estimate of drug-likeness (QED) is 0.887. The Morgan fingerprint density at radius 2 is 1.83 bits per heavy atom. The van der Waals surface area contributed by atoms with Gasteiger partial charge in [0.2, 0.25) is 21.9 Å². The molecule has 0 aliphatic carbocycles. The fourth-order valence-corrected chi connectivity index (χ4v) is 3.10. The lowest BCUT2D eigenvalue weighted by molar-refractivity contribution is -0.127. The zero-order chi connectivity index (χ0) is 17.9. The van der Waals surface area contributed by atoms with E-state index in [1.165, 1.54) is 25.9 Å². The predicted octanol–water partition coefficient (Wildman–Crippen LogP) is 1.67. The largest absolute Gasteiger partial charge is 0.348 e. The number of hydrogen-bond donors (Lipinski definition) is 1. The molecule has 24 heavy (non-hydrogen) atoms.